The smallest absolute Gasteiger partial charge is 0.338 e. The van der Waals surface area contributed by atoms with E-state index in [-0.39, 0.29) is 40.4 Å². The number of benzene rings is 3. The number of nitrogens with one attached hydrogen (secondary N) is 2. The van der Waals surface area contributed by atoms with E-state index < -0.39 is 60.6 Å². The predicted molar refractivity (Wildman–Crippen MR) is 175 cm³/mol. The summed E-state index contributed by atoms with van der Waals surface area (Å²) in [7, 11) is 0. The molecule has 0 amide bonds. The fourth-order valence-electron chi connectivity index (χ4n) is 4.78. The number of esters is 4. The number of aromatic nitrogens is 3. The van der Waals surface area contributed by atoms with Crippen LogP contribution < -0.4 is 10.9 Å². The molecule has 4 aromatic rings. The molecule has 14 nitrogen and oxygen atoms in total. The van der Waals surface area contributed by atoms with E-state index >= 15 is 0 Å². The molecule has 1 aliphatic rings. The molecular weight excluding hydrogens is 656 g/mol. The second-order valence-corrected chi connectivity index (χ2v) is 11.0. The fraction of sp³-hybridized carbons (Fsp3) is 0.265. The summed E-state index contributed by atoms with van der Waals surface area (Å²) in [5.41, 5.74) is -0.112. The molecule has 3 aromatic carbocycles. The van der Waals surface area contributed by atoms with Gasteiger partial charge in [-0.2, -0.15) is 0 Å². The van der Waals surface area contributed by atoms with Crippen LogP contribution in [0, 0.1) is 4.77 Å². The topological polar surface area (TPSA) is 177 Å². The summed E-state index contributed by atoms with van der Waals surface area (Å²) in [4.78, 5) is 67.0. The van der Waals surface area contributed by atoms with Crippen molar-refractivity contribution in [1.29, 1.82) is 0 Å². The monoisotopic (exact) mass is 688 g/mol. The Morgan fingerprint density at radius 2 is 1.35 bits per heavy atom. The van der Waals surface area contributed by atoms with Crippen LogP contribution in [0.3, 0.4) is 0 Å². The van der Waals surface area contributed by atoms with Crippen LogP contribution >= 0.6 is 12.2 Å². The van der Waals surface area contributed by atoms with Crippen molar-refractivity contribution in [3.05, 3.63) is 123 Å². The Balaban J connectivity index is 1.51. The molecule has 0 saturated carbocycles. The van der Waals surface area contributed by atoms with E-state index in [1.54, 1.807) is 66.7 Å². The van der Waals surface area contributed by atoms with Crippen molar-refractivity contribution >= 4 is 41.9 Å². The summed E-state index contributed by atoms with van der Waals surface area (Å²) in [6.45, 7) is 1.20. The molecular formula is C34H32N4O10S. The number of aromatic amines is 1. The van der Waals surface area contributed by atoms with Gasteiger partial charge >= 0.3 is 23.9 Å². The lowest BCUT2D eigenvalue weighted by Crippen LogP contribution is -2.42. The first-order valence-electron chi connectivity index (χ1n) is 15.3. The number of hydrogen-bond acceptors (Lipinski definition) is 13. The minimum Gasteiger partial charge on any atom is -0.464 e. The molecule has 0 bridgehead atoms. The Morgan fingerprint density at radius 1 is 0.816 bits per heavy atom. The summed E-state index contributed by atoms with van der Waals surface area (Å²) in [5, 5.41) is 6.88. The maximum Gasteiger partial charge on any atom is 0.338 e. The molecule has 0 aliphatic carbocycles. The van der Waals surface area contributed by atoms with Gasteiger partial charge in [-0.25, -0.2) is 19.1 Å². The van der Waals surface area contributed by atoms with Gasteiger partial charge < -0.3 is 29.0 Å². The second-order valence-electron chi connectivity index (χ2n) is 10.6. The predicted octanol–water partition coefficient (Wildman–Crippen LogP) is 3.87. The van der Waals surface area contributed by atoms with E-state index in [0.29, 0.717) is 6.42 Å². The SMILES string of the molecule is CCCOC(=O)CNc1nn([C@H]2O[C@@H](COC(=O)c3ccccc3)[C@@H](OC(=O)c3ccccc3)[C@@H]2OC(=O)c2ccccc2)c(=S)[nH]c1=O. The zero-order valence-electron chi connectivity index (χ0n) is 26.2. The normalized spacial score (nSPS) is 18.2. The molecule has 5 rings (SSSR count). The van der Waals surface area contributed by atoms with E-state index in [1.807, 2.05) is 6.92 Å². The zero-order valence-corrected chi connectivity index (χ0v) is 27.0. The van der Waals surface area contributed by atoms with Crippen LogP contribution in [0.15, 0.2) is 95.8 Å². The van der Waals surface area contributed by atoms with Gasteiger partial charge in [-0.15, -0.1) is 5.10 Å². The zero-order chi connectivity index (χ0) is 34.8. The van der Waals surface area contributed by atoms with Gasteiger partial charge in [-0.3, -0.25) is 14.6 Å². The lowest BCUT2D eigenvalue weighted by atomic mass is 10.1. The minimum absolute atomic E-state index is 0.180. The third-order valence-electron chi connectivity index (χ3n) is 7.14. The molecule has 2 heterocycles. The van der Waals surface area contributed by atoms with Crippen molar-refractivity contribution in [3.63, 3.8) is 0 Å². The lowest BCUT2D eigenvalue weighted by Gasteiger charge is -2.25. The van der Waals surface area contributed by atoms with E-state index in [4.69, 9.17) is 35.9 Å². The number of carbonyl (C=O) groups is 4. The van der Waals surface area contributed by atoms with E-state index in [9.17, 15) is 24.0 Å². The Labute approximate surface area is 284 Å². The van der Waals surface area contributed by atoms with Crippen LogP contribution in [0.25, 0.3) is 0 Å². The summed E-state index contributed by atoms with van der Waals surface area (Å²) in [6, 6.07) is 24.3. The standard InChI is InChI=1S/C34H32N4O10S/c1-2-18-44-25(39)19-35-28-29(40)36-34(49)38(37-28)30-27(48-33(43)23-16-10-5-11-17-23)26(47-32(42)22-14-8-4-9-15-22)24(46-30)20-45-31(41)21-12-6-3-7-13-21/h3-17,24,26-27,30H,2,18-20H2,1H3,(H,35,37)(H,36,40,49)/t24-,26+,27-,30-/m0/s1. The molecule has 1 aromatic heterocycles. The van der Waals surface area contributed by atoms with Gasteiger partial charge in [0.15, 0.2) is 23.2 Å². The highest BCUT2D eigenvalue weighted by atomic mass is 32.1. The molecule has 0 radical (unpaired) electrons. The van der Waals surface area contributed by atoms with Crippen LogP contribution in [-0.2, 0) is 28.5 Å². The number of rotatable bonds is 13. The lowest BCUT2D eigenvalue weighted by molar-refractivity contribution is -0.141. The third-order valence-corrected chi connectivity index (χ3v) is 7.43. The maximum absolute atomic E-state index is 13.4. The van der Waals surface area contributed by atoms with Gasteiger partial charge in [-0.05, 0) is 55.0 Å². The Kier molecular flexibility index (Phi) is 11.6. The largest absolute Gasteiger partial charge is 0.464 e. The Morgan fingerprint density at radius 3 is 1.90 bits per heavy atom. The number of H-pyrrole nitrogens is 1. The Hall–Kier alpha value is -5.67. The minimum atomic E-state index is -1.44. The molecule has 254 valence electrons. The summed E-state index contributed by atoms with van der Waals surface area (Å²) in [6.07, 6.45) is -4.83. The van der Waals surface area contributed by atoms with Gasteiger partial charge in [0.1, 0.15) is 19.3 Å². The van der Waals surface area contributed by atoms with Gasteiger partial charge in [0, 0.05) is 0 Å². The van der Waals surface area contributed by atoms with Gasteiger partial charge in [0.05, 0.1) is 23.3 Å². The molecule has 1 aliphatic heterocycles. The van der Waals surface area contributed by atoms with Crippen LogP contribution in [0.4, 0.5) is 5.82 Å². The first kappa shape index (κ1) is 34.7. The van der Waals surface area contributed by atoms with Crippen LogP contribution in [0.1, 0.15) is 50.6 Å². The summed E-state index contributed by atoms with van der Waals surface area (Å²) < 4.78 is 29.5. The highest BCUT2D eigenvalue weighted by Crippen LogP contribution is 2.35. The molecule has 1 saturated heterocycles. The maximum atomic E-state index is 13.4. The summed E-state index contributed by atoms with van der Waals surface area (Å²) in [5.74, 6) is -3.21. The van der Waals surface area contributed by atoms with Crippen molar-refractivity contribution in [2.45, 2.75) is 37.9 Å². The molecule has 1 fully saturated rings. The van der Waals surface area contributed by atoms with Gasteiger partial charge in [-0.1, -0.05) is 61.5 Å². The van der Waals surface area contributed by atoms with Crippen LogP contribution in [-0.4, -0.2) is 76.7 Å². The Bertz CT molecular complexity index is 1890. The first-order valence-corrected chi connectivity index (χ1v) is 15.7. The van der Waals surface area contributed by atoms with Gasteiger partial charge in [0.2, 0.25) is 5.82 Å². The second kappa shape index (κ2) is 16.4. The third kappa shape index (κ3) is 8.82. The molecule has 0 unspecified atom stereocenters. The van der Waals surface area contributed by atoms with Crippen molar-refractivity contribution in [3.8, 4) is 0 Å². The highest BCUT2D eigenvalue weighted by molar-refractivity contribution is 7.71. The highest BCUT2D eigenvalue weighted by Gasteiger charge is 2.52. The summed E-state index contributed by atoms with van der Waals surface area (Å²) >= 11 is 5.41. The number of anilines is 1. The molecule has 49 heavy (non-hydrogen) atoms. The quantitative estimate of drug-likeness (QED) is 0.118. The number of ether oxygens (including phenoxy) is 5. The van der Waals surface area contributed by atoms with Crippen molar-refractivity contribution in [2.75, 3.05) is 25.1 Å². The van der Waals surface area contributed by atoms with Crippen molar-refractivity contribution in [1.82, 2.24) is 14.8 Å². The number of carbonyl (C=O) groups excluding carboxylic acids is 4. The molecule has 2 N–H and O–H groups in total. The molecule has 0 spiro atoms. The van der Waals surface area contributed by atoms with Crippen LogP contribution in [0.2, 0.25) is 0 Å². The van der Waals surface area contributed by atoms with Crippen molar-refractivity contribution < 1.29 is 42.9 Å². The van der Waals surface area contributed by atoms with E-state index in [1.165, 1.54) is 24.3 Å². The van der Waals surface area contributed by atoms with Crippen LogP contribution in [0.5, 0.6) is 0 Å². The van der Waals surface area contributed by atoms with Crippen molar-refractivity contribution in [2.24, 2.45) is 0 Å². The first-order chi connectivity index (χ1) is 23.7. The average molecular weight is 689 g/mol. The van der Waals surface area contributed by atoms with E-state index in [2.05, 4.69) is 15.4 Å². The number of nitrogens with zero attached hydrogens (tertiary/aromatic N) is 2. The fourth-order valence-corrected chi connectivity index (χ4v) is 5.01. The molecule has 4 atom stereocenters. The number of hydrogen-bond donors (Lipinski definition) is 2. The average Bonchev–Trinajstić information content (AvgIpc) is 3.45. The van der Waals surface area contributed by atoms with Gasteiger partial charge in [0.25, 0.3) is 5.56 Å². The molecule has 15 heteroatoms. The van der Waals surface area contributed by atoms with E-state index in [0.717, 1.165) is 4.68 Å².